The molecule has 0 fully saturated rings. The minimum Gasteiger partial charge on any atom is -0.292 e. The Kier molecular flexibility index (Phi) is 8.74. The van der Waals surface area contributed by atoms with Gasteiger partial charge in [-0.05, 0) is 94.3 Å². The molecule has 13 rings (SSSR count). The van der Waals surface area contributed by atoms with Crippen molar-refractivity contribution in [2.24, 2.45) is 9.98 Å². The summed E-state index contributed by atoms with van der Waals surface area (Å²) in [4.78, 5) is 21.7. The molecule has 10 aromatic carbocycles. The lowest BCUT2D eigenvalue weighted by Gasteiger charge is -2.20. The summed E-state index contributed by atoms with van der Waals surface area (Å²) in [6.45, 7) is 0. The van der Waals surface area contributed by atoms with Crippen LogP contribution < -0.4 is 0 Å². The second kappa shape index (κ2) is 15.4. The zero-order valence-corrected chi connectivity index (χ0v) is 35.6. The van der Waals surface area contributed by atoms with Crippen molar-refractivity contribution in [1.82, 2.24) is 19.1 Å². The number of hydrogen-bond donors (Lipinski definition) is 0. The van der Waals surface area contributed by atoms with E-state index in [1.807, 2.05) is 24.3 Å². The second-order valence-electron chi connectivity index (χ2n) is 16.7. The lowest BCUT2D eigenvalue weighted by atomic mass is 9.92. The zero-order chi connectivity index (χ0) is 43.6. The van der Waals surface area contributed by atoms with Crippen LogP contribution in [-0.4, -0.2) is 30.5 Å². The second-order valence-corrected chi connectivity index (χ2v) is 16.7. The number of fused-ring (bicyclic) bond motifs is 6. The van der Waals surface area contributed by atoms with E-state index in [0.717, 1.165) is 123 Å². The van der Waals surface area contributed by atoms with E-state index in [9.17, 15) is 0 Å². The molecule has 12 aromatic rings. The number of rotatable bonds is 6. The maximum Gasteiger partial charge on any atom is 0.145 e. The Morgan fingerprint density at radius 1 is 0.288 bits per heavy atom. The van der Waals surface area contributed by atoms with Crippen LogP contribution in [0.4, 0.5) is 11.4 Å². The van der Waals surface area contributed by atoms with Gasteiger partial charge < -0.3 is 0 Å². The molecule has 0 bridgehead atoms. The van der Waals surface area contributed by atoms with Gasteiger partial charge in [0.15, 0.2) is 0 Å². The highest BCUT2D eigenvalue weighted by Gasteiger charge is 2.23. The van der Waals surface area contributed by atoms with Crippen LogP contribution in [0, 0.1) is 0 Å². The number of benzene rings is 10. The van der Waals surface area contributed by atoms with Gasteiger partial charge in [0, 0.05) is 44.8 Å². The lowest BCUT2D eigenvalue weighted by molar-refractivity contribution is 1.10. The number of hydrogen-bond acceptors (Lipinski definition) is 4. The molecule has 3 heterocycles. The fourth-order valence-electron chi connectivity index (χ4n) is 9.49. The first-order valence-electron chi connectivity index (χ1n) is 22.2. The van der Waals surface area contributed by atoms with E-state index < -0.39 is 0 Å². The summed E-state index contributed by atoms with van der Waals surface area (Å²) in [5.41, 5.74) is 15.5. The van der Waals surface area contributed by atoms with Crippen molar-refractivity contribution >= 4 is 66.4 Å². The van der Waals surface area contributed by atoms with Gasteiger partial charge in [0.1, 0.15) is 11.6 Å². The van der Waals surface area contributed by atoms with Gasteiger partial charge in [0.05, 0.1) is 44.9 Å². The van der Waals surface area contributed by atoms with Gasteiger partial charge in [-0.2, -0.15) is 0 Å². The third-order valence-corrected chi connectivity index (χ3v) is 12.7. The van der Waals surface area contributed by atoms with E-state index in [0.29, 0.717) is 0 Å². The van der Waals surface area contributed by atoms with Crippen LogP contribution in [0.3, 0.4) is 0 Å². The molecule has 0 N–H and O–H groups in total. The molecule has 1 aliphatic heterocycles. The van der Waals surface area contributed by atoms with Gasteiger partial charge in [0.25, 0.3) is 0 Å². The molecule has 0 saturated heterocycles. The van der Waals surface area contributed by atoms with Crippen molar-refractivity contribution in [3.8, 4) is 34.2 Å². The van der Waals surface area contributed by atoms with Crippen LogP contribution in [-0.2, 0) is 0 Å². The van der Waals surface area contributed by atoms with E-state index in [1.54, 1.807) is 0 Å². The molecule has 2 aromatic heterocycles. The van der Waals surface area contributed by atoms with Crippen LogP contribution in [0.25, 0.3) is 77.8 Å². The molecule has 6 heteroatoms. The molecule has 0 amide bonds. The molecule has 6 nitrogen and oxygen atoms in total. The molecule has 0 saturated carbocycles. The van der Waals surface area contributed by atoms with Crippen LogP contribution in [0.2, 0.25) is 0 Å². The third-order valence-electron chi connectivity index (χ3n) is 12.7. The van der Waals surface area contributed by atoms with Gasteiger partial charge in [-0.15, -0.1) is 0 Å². The van der Waals surface area contributed by atoms with Crippen LogP contribution >= 0.6 is 0 Å². The van der Waals surface area contributed by atoms with Gasteiger partial charge in [-0.1, -0.05) is 158 Å². The van der Waals surface area contributed by atoms with Gasteiger partial charge in [0.2, 0.25) is 0 Å². The van der Waals surface area contributed by atoms with Crippen molar-refractivity contribution in [3.63, 3.8) is 0 Å². The Bertz CT molecular complexity index is 3640. The summed E-state index contributed by atoms with van der Waals surface area (Å²) in [5, 5.41) is 4.48. The molecular formula is C60H38N6. The largest absolute Gasteiger partial charge is 0.292 e. The zero-order valence-electron chi connectivity index (χ0n) is 35.6. The molecule has 308 valence electrons. The molecule has 1 aliphatic rings. The highest BCUT2D eigenvalue weighted by molar-refractivity contribution is 6.24. The maximum absolute atomic E-state index is 5.68. The van der Waals surface area contributed by atoms with Crippen molar-refractivity contribution in [2.45, 2.75) is 0 Å². The standard InChI is InChI=1S/C60H38N6/c1-3-19-47(20-4-1)65-55-25-13-11-23-51(55)63-59(65)41-31-27-39(28-32-41)57-49-35-43-15-7-9-17-45(43)37-53(49)62-58(50-36-44-16-8-10-18-46(44)38-54(50)61-57)40-29-33-42(34-30-40)60-64-52-24-12-14-26-56(52)66(60)48-21-5-2-6-22-48/h1-38H/b57-49?,58-50?,61-54?,61-57-,62-53?,62-58-. The van der Waals surface area contributed by atoms with E-state index in [-0.39, 0.29) is 0 Å². The summed E-state index contributed by atoms with van der Waals surface area (Å²) in [7, 11) is 0. The number of aliphatic imine (C=N–C) groups is 2. The van der Waals surface area contributed by atoms with E-state index in [4.69, 9.17) is 20.0 Å². The summed E-state index contributed by atoms with van der Waals surface area (Å²) in [6.07, 6.45) is 0. The van der Waals surface area contributed by atoms with Crippen molar-refractivity contribution < 1.29 is 0 Å². The fraction of sp³-hybridized carbons (Fsp3) is 0. The fourth-order valence-corrected chi connectivity index (χ4v) is 9.49. The number of para-hydroxylation sites is 6. The number of imidazole rings is 2. The normalized spacial score (nSPS) is 14.0. The smallest absolute Gasteiger partial charge is 0.145 e. The molecule has 0 atom stereocenters. The lowest BCUT2D eigenvalue weighted by Crippen LogP contribution is -2.11. The van der Waals surface area contributed by atoms with Gasteiger partial charge in [-0.3, -0.25) is 9.13 Å². The quantitative estimate of drug-likeness (QED) is 0.167. The first kappa shape index (κ1) is 37.5. The Morgan fingerprint density at radius 3 is 1.03 bits per heavy atom. The minimum atomic E-state index is 0.853. The van der Waals surface area contributed by atoms with Crippen LogP contribution in [0.15, 0.2) is 241 Å². The Balaban J connectivity index is 0.983. The molecule has 0 aliphatic carbocycles. The number of nitrogens with zero attached hydrogens (tertiary/aromatic N) is 6. The van der Waals surface area contributed by atoms with E-state index >= 15 is 0 Å². The Hall–Kier alpha value is -9.00. The predicted molar refractivity (Wildman–Crippen MR) is 272 cm³/mol. The summed E-state index contributed by atoms with van der Waals surface area (Å²) >= 11 is 0. The first-order valence-corrected chi connectivity index (χ1v) is 22.2. The average Bonchev–Trinajstić information content (AvgIpc) is 3.97. The monoisotopic (exact) mass is 842 g/mol. The molecule has 66 heavy (non-hydrogen) atoms. The average molecular weight is 843 g/mol. The van der Waals surface area contributed by atoms with Crippen molar-refractivity contribution in [2.75, 3.05) is 0 Å². The molecule has 0 spiro atoms. The summed E-state index contributed by atoms with van der Waals surface area (Å²) < 4.78 is 4.48. The Morgan fingerprint density at radius 2 is 0.621 bits per heavy atom. The first-order chi connectivity index (χ1) is 32.7. The van der Waals surface area contributed by atoms with Gasteiger partial charge >= 0.3 is 0 Å². The number of aromatic nitrogens is 4. The van der Waals surface area contributed by atoms with Gasteiger partial charge in [-0.25, -0.2) is 20.0 Å². The predicted octanol–water partition coefficient (Wildman–Crippen LogP) is 14.7. The van der Waals surface area contributed by atoms with E-state index in [1.165, 1.54) is 0 Å². The topological polar surface area (TPSA) is 60.4 Å². The summed E-state index contributed by atoms with van der Waals surface area (Å²) in [6, 6.07) is 80.8. The van der Waals surface area contributed by atoms with E-state index in [2.05, 4.69) is 215 Å². The highest BCUT2D eigenvalue weighted by atomic mass is 15.1. The van der Waals surface area contributed by atoms with Crippen LogP contribution in [0.5, 0.6) is 0 Å². The summed E-state index contributed by atoms with van der Waals surface area (Å²) in [5.74, 6) is 1.77. The molecule has 0 radical (unpaired) electrons. The highest BCUT2D eigenvalue weighted by Crippen LogP contribution is 2.39. The van der Waals surface area contributed by atoms with Crippen molar-refractivity contribution in [3.05, 3.63) is 253 Å². The SMILES string of the molecule is c1ccc(-n2c(-c3ccc(/C4=N/c5cc6ccccc6cc5/C(c5ccc(-c6nc7ccccc7n6-c6ccccc6)cc5)=N\c5cc6ccccc6cc54)cc3)nc3ccccc32)cc1. The van der Waals surface area contributed by atoms with Crippen LogP contribution in [0.1, 0.15) is 22.3 Å². The maximum atomic E-state index is 5.68. The third kappa shape index (κ3) is 6.34. The Labute approximate surface area is 380 Å². The molecular weight excluding hydrogens is 805 g/mol. The van der Waals surface area contributed by atoms with Crippen molar-refractivity contribution in [1.29, 1.82) is 0 Å². The molecule has 0 unspecified atom stereocenters. The minimum absolute atomic E-state index is 0.853.